The maximum absolute atomic E-state index is 13.4. The summed E-state index contributed by atoms with van der Waals surface area (Å²) in [6.45, 7) is 0. The third kappa shape index (κ3) is 3.46. The normalized spacial score (nSPS) is 14.9. The van der Waals surface area contributed by atoms with Crippen LogP contribution < -0.4 is 0 Å². The summed E-state index contributed by atoms with van der Waals surface area (Å²) in [7, 11) is 0. The fourth-order valence-electron chi connectivity index (χ4n) is 1.61. The molecule has 23 heavy (non-hydrogen) atoms. The number of carbonyl (C=O) groups excluding carboxylic acids is 1. The van der Waals surface area contributed by atoms with E-state index in [0.29, 0.717) is 0 Å². The van der Waals surface area contributed by atoms with Crippen LogP contribution in [0.3, 0.4) is 0 Å². The fourth-order valence-corrected chi connectivity index (χ4v) is 1.61. The van der Waals surface area contributed by atoms with Gasteiger partial charge >= 0.3 is 24.2 Å². The molecular formula is C13H10F8O2. The summed E-state index contributed by atoms with van der Waals surface area (Å²) in [6.07, 6.45) is -10.3. The molecule has 1 rings (SSSR count). The lowest BCUT2D eigenvalue weighted by Crippen LogP contribution is -2.62. The summed E-state index contributed by atoms with van der Waals surface area (Å²) in [5.41, 5.74) is -0.244. The molecule has 0 aromatic heterocycles. The molecule has 1 atom stereocenters. The maximum Gasteiger partial charge on any atom is 0.380 e. The van der Waals surface area contributed by atoms with E-state index in [1.807, 2.05) is 0 Å². The van der Waals surface area contributed by atoms with Crippen molar-refractivity contribution in [1.82, 2.24) is 0 Å². The van der Waals surface area contributed by atoms with E-state index in [1.165, 1.54) is 18.2 Å². The molecule has 0 saturated carbocycles. The number of carbonyl (C=O) groups is 1. The minimum Gasteiger partial charge on any atom is -0.386 e. The average molecular weight is 350 g/mol. The van der Waals surface area contributed by atoms with Gasteiger partial charge in [-0.25, -0.2) is 8.78 Å². The van der Waals surface area contributed by atoms with E-state index in [4.69, 9.17) is 5.11 Å². The van der Waals surface area contributed by atoms with Crippen molar-refractivity contribution in [1.29, 1.82) is 0 Å². The summed E-state index contributed by atoms with van der Waals surface area (Å²) in [4.78, 5) is 11.5. The van der Waals surface area contributed by atoms with Gasteiger partial charge in [0.15, 0.2) is 5.78 Å². The predicted molar refractivity (Wildman–Crippen MR) is 62.2 cm³/mol. The van der Waals surface area contributed by atoms with Gasteiger partial charge in [0, 0.05) is 12.0 Å². The summed E-state index contributed by atoms with van der Waals surface area (Å²) >= 11 is 0. The molecule has 1 aromatic rings. The average Bonchev–Trinajstić information content (AvgIpc) is 2.47. The molecule has 0 spiro atoms. The minimum atomic E-state index is -6.55. The molecule has 10 heteroatoms. The molecule has 0 radical (unpaired) electrons. The van der Waals surface area contributed by atoms with Crippen molar-refractivity contribution in [3.05, 3.63) is 35.9 Å². The van der Waals surface area contributed by atoms with Gasteiger partial charge in [-0.2, -0.15) is 26.3 Å². The van der Waals surface area contributed by atoms with Crippen molar-refractivity contribution < 1.29 is 45.0 Å². The highest BCUT2D eigenvalue weighted by Crippen LogP contribution is 2.50. The maximum atomic E-state index is 13.4. The second-order valence-electron chi connectivity index (χ2n) is 4.63. The van der Waals surface area contributed by atoms with Crippen LogP contribution in [-0.2, 0) is 0 Å². The minimum absolute atomic E-state index is 0.244. The quantitative estimate of drug-likeness (QED) is 0.600. The van der Waals surface area contributed by atoms with Gasteiger partial charge in [0.2, 0.25) is 0 Å². The van der Waals surface area contributed by atoms with Crippen LogP contribution in [0.5, 0.6) is 0 Å². The molecular weight excluding hydrogens is 340 g/mol. The summed E-state index contributed by atoms with van der Waals surface area (Å²) in [5, 5.41) is 9.06. The first kappa shape index (κ1) is 19.3. The number of halogens is 8. The number of rotatable bonds is 7. The smallest absolute Gasteiger partial charge is 0.380 e. The molecule has 0 amide bonds. The van der Waals surface area contributed by atoms with Crippen LogP contribution in [0.2, 0.25) is 0 Å². The van der Waals surface area contributed by atoms with Gasteiger partial charge in [0.25, 0.3) is 0 Å². The Balaban J connectivity index is 3.01. The molecule has 0 saturated heterocycles. The monoisotopic (exact) mass is 350 g/mol. The van der Waals surface area contributed by atoms with Gasteiger partial charge in [0.05, 0.1) is 0 Å². The van der Waals surface area contributed by atoms with Crippen molar-refractivity contribution >= 4 is 5.78 Å². The summed E-state index contributed by atoms with van der Waals surface area (Å²) in [5.74, 6) is -20.1. The molecule has 1 N–H and O–H groups in total. The Kier molecular flexibility index (Phi) is 5.40. The molecule has 0 aliphatic heterocycles. The lowest BCUT2D eigenvalue weighted by Gasteiger charge is -2.34. The van der Waals surface area contributed by atoms with Gasteiger partial charge in [0.1, 0.15) is 6.10 Å². The summed E-state index contributed by atoms with van der Waals surface area (Å²) in [6, 6.07) is 6.27. The van der Waals surface area contributed by atoms with E-state index in [2.05, 4.69) is 0 Å². The van der Waals surface area contributed by atoms with Gasteiger partial charge in [-0.15, -0.1) is 0 Å². The van der Waals surface area contributed by atoms with Crippen LogP contribution >= 0.6 is 0 Å². The van der Waals surface area contributed by atoms with Crippen LogP contribution in [0, 0.1) is 0 Å². The zero-order chi connectivity index (χ0) is 18.1. The van der Waals surface area contributed by atoms with E-state index in [1.54, 1.807) is 0 Å². The van der Waals surface area contributed by atoms with Crippen molar-refractivity contribution in [2.45, 2.75) is 36.7 Å². The molecule has 1 aromatic carbocycles. The lowest BCUT2D eigenvalue weighted by atomic mass is 9.94. The fraction of sp³-hybridized carbons (Fsp3) is 0.462. The van der Waals surface area contributed by atoms with Gasteiger partial charge in [-0.3, -0.25) is 4.79 Å². The lowest BCUT2D eigenvalue weighted by molar-refractivity contribution is -0.355. The largest absolute Gasteiger partial charge is 0.386 e. The van der Waals surface area contributed by atoms with Gasteiger partial charge < -0.3 is 5.11 Å². The van der Waals surface area contributed by atoms with Crippen LogP contribution in [0.4, 0.5) is 35.1 Å². The molecule has 2 nitrogen and oxygen atoms in total. The zero-order valence-corrected chi connectivity index (χ0v) is 11.1. The highest BCUT2D eigenvalue weighted by molar-refractivity contribution is 5.96. The number of hydrogen-bond acceptors (Lipinski definition) is 2. The van der Waals surface area contributed by atoms with E-state index >= 15 is 0 Å². The van der Waals surface area contributed by atoms with Gasteiger partial charge in [-0.05, 0) is 0 Å². The Labute approximate surface area is 124 Å². The second-order valence-corrected chi connectivity index (χ2v) is 4.63. The third-order valence-corrected chi connectivity index (χ3v) is 3.00. The Hall–Kier alpha value is -1.71. The Morgan fingerprint density at radius 2 is 1.43 bits per heavy atom. The number of benzene rings is 1. The van der Waals surface area contributed by atoms with E-state index in [-0.39, 0.29) is 5.56 Å². The van der Waals surface area contributed by atoms with Crippen molar-refractivity contribution in [3.63, 3.8) is 0 Å². The molecule has 0 aliphatic rings. The first-order valence-corrected chi connectivity index (χ1v) is 6.03. The number of aliphatic hydroxyl groups is 1. The first-order chi connectivity index (χ1) is 10.4. The topological polar surface area (TPSA) is 37.3 Å². The highest BCUT2D eigenvalue weighted by atomic mass is 19.4. The first-order valence-electron chi connectivity index (χ1n) is 6.03. The number of ketones is 1. The third-order valence-electron chi connectivity index (χ3n) is 3.00. The molecule has 0 bridgehead atoms. The van der Waals surface area contributed by atoms with E-state index in [0.717, 1.165) is 12.1 Å². The van der Waals surface area contributed by atoms with Crippen molar-refractivity contribution in [2.24, 2.45) is 0 Å². The van der Waals surface area contributed by atoms with Crippen molar-refractivity contribution in [2.75, 3.05) is 0 Å². The number of alkyl halides is 8. The standard InChI is InChI=1S/C13H10F8O2/c14-10(15)12(18,19)13(20,21)11(16,17)9(23)6-8(22)7-4-2-1-3-5-7/h1-5,9-10,23H,6H2/t9-/m0/s1. The highest BCUT2D eigenvalue weighted by Gasteiger charge is 2.77. The number of hydrogen-bond donors (Lipinski definition) is 1. The van der Waals surface area contributed by atoms with E-state index in [9.17, 15) is 39.9 Å². The molecule has 0 aliphatic carbocycles. The van der Waals surface area contributed by atoms with Crippen molar-refractivity contribution in [3.8, 4) is 0 Å². The SMILES string of the molecule is O=C(C[C@H](O)C(F)(F)C(F)(F)C(F)(F)C(F)F)c1ccccc1. The van der Waals surface area contributed by atoms with Gasteiger partial charge in [-0.1, -0.05) is 30.3 Å². The van der Waals surface area contributed by atoms with Crippen LogP contribution in [0.15, 0.2) is 30.3 Å². The molecule has 0 heterocycles. The molecule has 0 unspecified atom stereocenters. The number of aliphatic hydroxyl groups excluding tert-OH is 1. The Morgan fingerprint density at radius 1 is 0.957 bits per heavy atom. The number of Topliss-reactive ketones (excluding diaryl/α,β-unsaturated/α-hetero) is 1. The van der Waals surface area contributed by atoms with Crippen LogP contribution in [-0.4, -0.2) is 41.2 Å². The Morgan fingerprint density at radius 3 is 1.87 bits per heavy atom. The summed E-state index contributed by atoms with van der Waals surface area (Å²) < 4.78 is 102. The second kappa shape index (κ2) is 6.42. The zero-order valence-electron chi connectivity index (χ0n) is 11.1. The molecule has 130 valence electrons. The van der Waals surface area contributed by atoms with Crippen LogP contribution in [0.25, 0.3) is 0 Å². The van der Waals surface area contributed by atoms with E-state index < -0.39 is 42.5 Å². The predicted octanol–water partition coefficient (Wildman–Crippen LogP) is 3.79. The Bertz CT molecular complexity index is 544. The van der Waals surface area contributed by atoms with Crippen LogP contribution in [0.1, 0.15) is 16.8 Å². The molecule has 0 fully saturated rings.